The molecule has 2 aromatic rings. The Hall–Kier alpha value is -2.31. The van der Waals surface area contributed by atoms with E-state index in [1.54, 1.807) is 12.1 Å². The molecule has 2 rings (SSSR count). The molecule has 8 heteroatoms. The van der Waals surface area contributed by atoms with E-state index in [-0.39, 0.29) is 35.9 Å². The lowest BCUT2D eigenvalue weighted by Crippen LogP contribution is -2.24. The number of rotatable bonds is 5. The van der Waals surface area contributed by atoms with Gasteiger partial charge in [0.15, 0.2) is 0 Å². The van der Waals surface area contributed by atoms with Gasteiger partial charge in [-0.05, 0) is 23.8 Å². The lowest BCUT2D eigenvalue weighted by molar-refractivity contribution is -0.384. The summed E-state index contributed by atoms with van der Waals surface area (Å²) in [4.78, 5) is 22.1. The Labute approximate surface area is 141 Å². The average Bonchev–Trinajstić information content (AvgIpc) is 2.49. The number of phenolic OH excluding ortho intramolecular Hbond substituents is 1. The summed E-state index contributed by atoms with van der Waals surface area (Å²) < 4.78 is 0. The molecule has 0 saturated heterocycles. The third kappa shape index (κ3) is 4.58. The highest BCUT2D eigenvalue weighted by Crippen LogP contribution is 2.23. The van der Waals surface area contributed by atoms with Crippen LogP contribution in [0.25, 0.3) is 0 Å². The molecule has 0 fully saturated rings. The first kappa shape index (κ1) is 17.1. The van der Waals surface area contributed by atoms with E-state index in [0.29, 0.717) is 15.6 Å². The second-order valence-corrected chi connectivity index (χ2v) is 5.60. The van der Waals surface area contributed by atoms with E-state index < -0.39 is 4.92 Å². The van der Waals surface area contributed by atoms with Crippen molar-refractivity contribution in [2.24, 2.45) is 0 Å². The Balaban J connectivity index is 2.02. The van der Waals surface area contributed by atoms with Crippen molar-refractivity contribution in [2.45, 2.75) is 13.0 Å². The van der Waals surface area contributed by atoms with Gasteiger partial charge in [0.1, 0.15) is 5.75 Å². The van der Waals surface area contributed by atoms with Crippen LogP contribution in [-0.2, 0) is 17.8 Å². The van der Waals surface area contributed by atoms with Gasteiger partial charge in [0.2, 0.25) is 5.91 Å². The van der Waals surface area contributed by atoms with Gasteiger partial charge in [-0.2, -0.15) is 0 Å². The molecule has 0 bridgehead atoms. The molecular formula is C15H12Cl2N2O4. The first-order valence-electron chi connectivity index (χ1n) is 6.53. The lowest BCUT2D eigenvalue weighted by Gasteiger charge is -2.08. The van der Waals surface area contributed by atoms with Crippen LogP contribution in [0.4, 0.5) is 5.69 Å². The van der Waals surface area contributed by atoms with Crippen LogP contribution < -0.4 is 5.32 Å². The van der Waals surface area contributed by atoms with Gasteiger partial charge >= 0.3 is 0 Å². The van der Waals surface area contributed by atoms with Crippen LogP contribution >= 0.6 is 23.2 Å². The number of non-ortho nitro benzene ring substituents is 1. The smallest absolute Gasteiger partial charge is 0.270 e. The highest BCUT2D eigenvalue weighted by molar-refractivity contribution is 6.35. The highest BCUT2D eigenvalue weighted by Gasteiger charge is 2.12. The van der Waals surface area contributed by atoms with Crippen molar-refractivity contribution in [3.63, 3.8) is 0 Å². The SMILES string of the molecule is O=C(Cc1ccc(Cl)cc1Cl)NCc1cc([N+](=O)[O-])ccc1O. The first-order chi connectivity index (χ1) is 10.9. The molecule has 0 aliphatic rings. The van der Waals surface area contributed by atoms with E-state index in [0.717, 1.165) is 0 Å². The maximum atomic E-state index is 11.9. The second kappa shape index (κ2) is 7.30. The summed E-state index contributed by atoms with van der Waals surface area (Å²) in [5.41, 5.74) is 0.708. The third-order valence-corrected chi connectivity index (χ3v) is 3.70. The van der Waals surface area contributed by atoms with Crippen molar-refractivity contribution < 1.29 is 14.8 Å². The summed E-state index contributed by atoms with van der Waals surface area (Å²) in [5, 5.41) is 23.8. The summed E-state index contributed by atoms with van der Waals surface area (Å²) in [5.74, 6) is -0.458. The highest BCUT2D eigenvalue weighted by atomic mass is 35.5. The lowest BCUT2D eigenvalue weighted by atomic mass is 10.1. The number of aromatic hydroxyl groups is 1. The van der Waals surface area contributed by atoms with E-state index in [2.05, 4.69) is 5.32 Å². The number of benzene rings is 2. The average molecular weight is 355 g/mol. The van der Waals surface area contributed by atoms with Crippen LogP contribution in [0.2, 0.25) is 10.0 Å². The van der Waals surface area contributed by atoms with Crippen molar-refractivity contribution in [3.05, 3.63) is 67.7 Å². The van der Waals surface area contributed by atoms with Crippen molar-refractivity contribution in [2.75, 3.05) is 0 Å². The zero-order valence-electron chi connectivity index (χ0n) is 11.8. The van der Waals surface area contributed by atoms with Gasteiger partial charge in [-0.1, -0.05) is 29.3 Å². The fraction of sp³-hybridized carbons (Fsp3) is 0.133. The molecule has 2 aromatic carbocycles. The molecule has 0 aliphatic carbocycles. The van der Waals surface area contributed by atoms with E-state index in [1.807, 2.05) is 0 Å². The van der Waals surface area contributed by atoms with Crippen molar-refractivity contribution >= 4 is 34.8 Å². The molecule has 0 unspecified atom stereocenters. The van der Waals surface area contributed by atoms with Crippen LogP contribution in [0, 0.1) is 10.1 Å². The largest absolute Gasteiger partial charge is 0.508 e. The van der Waals surface area contributed by atoms with E-state index >= 15 is 0 Å². The van der Waals surface area contributed by atoms with E-state index in [4.69, 9.17) is 23.2 Å². The summed E-state index contributed by atoms with van der Waals surface area (Å²) in [7, 11) is 0. The number of nitro benzene ring substituents is 1. The number of amides is 1. The Kier molecular flexibility index (Phi) is 5.41. The zero-order chi connectivity index (χ0) is 17.0. The molecule has 2 N–H and O–H groups in total. The molecule has 1 amide bonds. The van der Waals surface area contributed by atoms with E-state index in [1.165, 1.54) is 24.3 Å². The molecule has 0 atom stereocenters. The van der Waals surface area contributed by atoms with Crippen LogP contribution in [0.15, 0.2) is 36.4 Å². The predicted molar refractivity (Wildman–Crippen MR) is 86.8 cm³/mol. The Morgan fingerprint density at radius 3 is 2.57 bits per heavy atom. The normalized spacial score (nSPS) is 10.3. The van der Waals surface area contributed by atoms with Crippen LogP contribution in [0.1, 0.15) is 11.1 Å². The Morgan fingerprint density at radius 1 is 1.17 bits per heavy atom. The van der Waals surface area contributed by atoms with Gasteiger partial charge in [-0.25, -0.2) is 0 Å². The van der Waals surface area contributed by atoms with Crippen molar-refractivity contribution in [1.82, 2.24) is 5.32 Å². The van der Waals surface area contributed by atoms with Gasteiger partial charge in [0.25, 0.3) is 5.69 Å². The minimum atomic E-state index is -0.571. The number of hydrogen-bond acceptors (Lipinski definition) is 4. The monoisotopic (exact) mass is 354 g/mol. The molecule has 0 radical (unpaired) electrons. The number of nitro groups is 1. The van der Waals surface area contributed by atoms with Crippen LogP contribution in [0.5, 0.6) is 5.75 Å². The first-order valence-corrected chi connectivity index (χ1v) is 7.29. The van der Waals surface area contributed by atoms with Crippen LogP contribution in [0.3, 0.4) is 0 Å². The Morgan fingerprint density at radius 2 is 1.91 bits per heavy atom. The fourth-order valence-corrected chi connectivity index (χ4v) is 2.40. The van der Waals surface area contributed by atoms with Crippen molar-refractivity contribution in [3.8, 4) is 5.75 Å². The second-order valence-electron chi connectivity index (χ2n) is 4.76. The maximum Gasteiger partial charge on any atom is 0.270 e. The fourth-order valence-electron chi connectivity index (χ4n) is 1.92. The van der Waals surface area contributed by atoms with Gasteiger partial charge in [0.05, 0.1) is 11.3 Å². The standard InChI is InChI=1S/C15H12Cl2N2O4/c16-11-2-1-9(13(17)7-11)6-15(21)18-8-10-5-12(19(22)23)3-4-14(10)20/h1-5,7,20H,6,8H2,(H,18,21). The van der Waals surface area contributed by atoms with Crippen LogP contribution in [-0.4, -0.2) is 15.9 Å². The predicted octanol–water partition coefficient (Wildman–Crippen LogP) is 3.47. The number of nitrogens with zero attached hydrogens (tertiary/aromatic N) is 1. The van der Waals surface area contributed by atoms with E-state index in [9.17, 15) is 20.0 Å². The number of carbonyl (C=O) groups is 1. The molecule has 0 aliphatic heterocycles. The topological polar surface area (TPSA) is 92.5 Å². The van der Waals surface area contributed by atoms with Crippen molar-refractivity contribution in [1.29, 1.82) is 0 Å². The summed E-state index contributed by atoms with van der Waals surface area (Å²) >= 11 is 11.8. The zero-order valence-corrected chi connectivity index (χ0v) is 13.3. The number of hydrogen-bond donors (Lipinski definition) is 2. The number of halogens is 2. The van der Waals surface area contributed by atoms with Gasteiger partial charge in [-0.3, -0.25) is 14.9 Å². The molecular weight excluding hydrogens is 343 g/mol. The molecule has 0 aromatic heterocycles. The summed E-state index contributed by atoms with van der Waals surface area (Å²) in [6.45, 7) is -0.0302. The molecule has 120 valence electrons. The minimum absolute atomic E-state index is 0.0302. The maximum absolute atomic E-state index is 11.9. The number of carbonyl (C=O) groups excluding carboxylic acids is 1. The summed E-state index contributed by atoms with van der Waals surface area (Å²) in [6, 6.07) is 8.43. The van der Waals surface area contributed by atoms with Gasteiger partial charge in [-0.15, -0.1) is 0 Å². The Bertz CT molecular complexity index is 765. The third-order valence-electron chi connectivity index (χ3n) is 3.12. The molecule has 0 saturated carbocycles. The molecule has 0 spiro atoms. The quantitative estimate of drug-likeness (QED) is 0.635. The molecule has 23 heavy (non-hydrogen) atoms. The molecule has 6 nitrogen and oxygen atoms in total. The van der Waals surface area contributed by atoms with Gasteiger partial charge in [0, 0.05) is 34.3 Å². The number of phenols is 1. The summed E-state index contributed by atoms with van der Waals surface area (Å²) in [6.07, 6.45) is 0.0334. The number of nitrogens with one attached hydrogen (secondary N) is 1. The minimum Gasteiger partial charge on any atom is -0.508 e. The molecule has 0 heterocycles. The van der Waals surface area contributed by atoms with Gasteiger partial charge < -0.3 is 10.4 Å².